The van der Waals surface area contributed by atoms with Gasteiger partial charge in [0.05, 0.1) is 5.56 Å². The quantitative estimate of drug-likeness (QED) is 0.809. The maximum absolute atomic E-state index is 12.2. The van der Waals surface area contributed by atoms with Crippen molar-refractivity contribution >= 4 is 34.2 Å². The number of nitrogens with one attached hydrogen (secondary N) is 1. The molecule has 2 rings (SSSR count). The first-order valence-corrected chi connectivity index (χ1v) is 6.79. The molecule has 0 unspecified atom stereocenters. The van der Waals surface area contributed by atoms with Gasteiger partial charge in [-0.1, -0.05) is 24.3 Å². The summed E-state index contributed by atoms with van der Waals surface area (Å²) < 4.78 is 0.956. The molecular weight excluding hydrogens is 337 g/mol. The Labute approximate surface area is 121 Å². The number of carbonyl (C=O) groups excluding carboxylic acids is 1. The van der Waals surface area contributed by atoms with Crippen molar-refractivity contribution in [1.29, 1.82) is 0 Å². The van der Waals surface area contributed by atoms with E-state index in [2.05, 4.69) is 27.9 Å². The smallest absolute Gasteiger partial charge is 0.256 e. The zero-order chi connectivity index (χ0) is 13.1. The van der Waals surface area contributed by atoms with Gasteiger partial charge in [-0.2, -0.15) is 0 Å². The van der Waals surface area contributed by atoms with Gasteiger partial charge in [0.15, 0.2) is 0 Å². The molecule has 0 bridgehead atoms. The Morgan fingerprint density at radius 1 is 1.11 bits per heavy atom. The number of amides is 1. The molecule has 1 amide bonds. The van der Waals surface area contributed by atoms with Gasteiger partial charge in [0.25, 0.3) is 5.91 Å². The molecule has 2 nitrogen and oxygen atoms in total. The van der Waals surface area contributed by atoms with Gasteiger partial charge in [0, 0.05) is 9.26 Å². The standard InChI is InChI=1S/C15H14INO/c1-10-7-8-11(2)14(9-10)17-15(18)12-5-3-4-6-13(12)16/h3-9H,1-2H3,(H,17,18). The summed E-state index contributed by atoms with van der Waals surface area (Å²) in [6.07, 6.45) is 0. The fourth-order valence-electron chi connectivity index (χ4n) is 1.71. The second-order valence-electron chi connectivity index (χ2n) is 4.25. The van der Waals surface area contributed by atoms with Crippen molar-refractivity contribution in [2.45, 2.75) is 13.8 Å². The van der Waals surface area contributed by atoms with E-state index in [1.165, 1.54) is 0 Å². The van der Waals surface area contributed by atoms with E-state index in [9.17, 15) is 4.79 Å². The van der Waals surface area contributed by atoms with Crippen LogP contribution in [0.5, 0.6) is 0 Å². The first-order chi connectivity index (χ1) is 8.58. The fraction of sp³-hybridized carbons (Fsp3) is 0.133. The molecule has 0 saturated heterocycles. The summed E-state index contributed by atoms with van der Waals surface area (Å²) in [6.45, 7) is 4.01. The first kappa shape index (κ1) is 13.1. The van der Waals surface area contributed by atoms with Crippen LogP contribution in [0.2, 0.25) is 0 Å². The van der Waals surface area contributed by atoms with Crippen LogP contribution in [0.25, 0.3) is 0 Å². The average Bonchev–Trinajstić information content (AvgIpc) is 2.34. The van der Waals surface area contributed by atoms with Gasteiger partial charge in [-0.25, -0.2) is 0 Å². The van der Waals surface area contributed by atoms with Crippen LogP contribution in [0.4, 0.5) is 5.69 Å². The first-order valence-electron chi connectivity index (χ1n) is 5.71. The Hall–Kier alpha value is -1.36. The van der Waals surface area contributed by atoms with E-state index >= 15 is 0 Å². The van der Waals surface area contributed by atoms with Crippen LogP contribution >= 0.6 is 22.6 Å². The summed E-state index contributed by atoms with van der Waals surface area (Å²) >= 11 is 2.17. The number of benzene rings is 2. The van der Waals surface area contributed by atoms with Gasteiger partial charge in [-0.3, -0.25) is 4.79 Å². The minimum atomic E-state index is -0.0614. The summed E-state index contributed by atoms with van der Waals surface area (Å²) in [5.41, 5.74) is 3.79. The lowest BCUT2D eigenvalue weighted by molar-refractivity contribution is 0.102. The maximum atomic E-state index is 12.2. The topological polar surface area (TPSA) is 29.1 Å². The Morgan fingerprint density at radius 2 is 1.83 bits per heavy atom. The molecule has 2 aromatic rings. The highest BCUT2D eigenvalue weighted by Crippen LogP contribution is 2.19. The molecule has 3 heteroatoms. The molecule has 0 aliphatic heterocycles. The van der Waals surface area contributed by atoms with E-state index in [-0.39, 0.29) is 5.91 Å². The zero-order valence-corrected chi connectivity index (χ0v) is 12.5. The van der Waals surface area contributed by atoms with Crippen molar-refractivity contribution in [1.82, 2.24) is 0 Å². The second kappa shape index (κ2) is 5.52. The van der Waals surface area contributed by atoms with E-state index in [1.54, 1.807) is 0 Å². The molecule has 0 saturated carbocycles. The fourth-order valence-corrected chi connectivity index (χ4v) is 2.34. The summed E-state index contributed by atoms with van der Waals surface area (Å²) in [7, 11) is 0. The number of rotatable bonds is 2. The van der Waals surface area contributed by atoms with Gasteiger partial charge in [-0.05, 0) is 65.8 Å². The van der Waals surface area contributed by atoms with Gasteiger partial charge >= 0.3 is 0 Å². The highest BCUT2D eigenvalue weighted by atomic mass is 127. The van der Waals surface area contributed by atoms with E-state index in [1.807, 2.05) is 56.3 Å². The number of anilines is 1. The SMILES string of the molecule is Cc1ccc(C)c(NC(=O)c2ccccc2I)c1. The third kappa shape index (κ3) is 2.90. The Kier molecular flexibility index (Phi) is 4.01. The number of hydrogen-bond acceptors (Lipinski definition) is 1. The molecule has 1 N–H and O–H groups in total. The Bertz CT molecular complexity index is 593. The van der Waals surface area contributed by atoms with Crippen LogP contribution in [0.15, 0.2) is 42.5 Å². The molecule has 0 heterocycles. The van der Waals surface area contributed by atoms with Gasteiger partial charge < -0.3 is 5.32 Å². The van der Waals surface area contributed by atoms with Crippen molar-refractivity contribution in [3.63, 3.8) is 0 Å². The van der Waals surface area contributed by atoms with Crippen LogP contribution in [-0.4, -0.2) is 5.91 Å². The lowest BCUT2D eigenvalue weighted by Crippen LogP contribution is -2.14. The zero-order valence-electron chi connectivity index (χ0n) is 10.3. The molecule has 0 aliphatic rings. The normalized spacial score (nSPS) is 10.2. The van der Waals surface area contributed by atoms with E-state index < -0.39 is 0 Å². The van der Waals surface area contributed by atoms with E-state index in [4.69, 9.17) is 0 Å². The van der Waals surface area contributed by atoms with Crippen LogP contribution in [0.1, 0.15) is 21.5 Å². The van der Waals surface area contributed by atoms with Gasteiger partial charge in [0.1, 0.15) is 0 Å². The van der Waals surface area contributed by atoms with E-state index in [0.717, 1.165) is 20.4 Å². The molecule has 2 aromatic carbocycles. The maximum Gasteiger partial charge on any atom is 0.256 e. The van der Waals surface area contributed by atoms with Crippen LogP contribution in [-0.2, 0) is 0 Å². The van der Waals surface area contributed by atoms with Gasteiger partial charge in [0.2, 0.25) is 0 Å². The average molecular weight is 351 g/mol. The molecule has 0 atom stereocenters. The number of aryl methyl sites for hydroxylation is 2. The lowest BCUT2D eigenvalue weighted by Gasteiger charge is -2.10. The highest BCUT2D eigenvalue weighted by molar-refractivity contribution is 14.1. The van der Waals surface area contributed by atoms with Crippen LogP contribution in [0, 0.1) is 17.4 Å². The largest absolute Gasteiger partial charge is 0.322 e. The third-order valence-corrected chi connectivity index (χ3v) is 3.70. The molecule has 0 radical (unpaired) electrons. The van der Waals surface area contributed by atoms with Crippen molar-refractivity contribution in [3.8, 4) is 0 Å². The van der Waals surface area contributed by atoms with Crippen molar-refractivity contribution < 1.29 is 4.79 Å². The van der Waals surface area contributed by atoms with E-state index in [0.29, 0.717) is 5.56 Å². The third-order valence-electron chi connectivity index (χ3n) is 2.76. The Balaban J connectivity index is 2.27. The monoisotopic (exact) mass is 351 g/mol. The summed E-state index contributed by atoms with van der Waals surface area (Å²) in [5, 5.41) is 2.96. The minimum absolute atomic E-state index is 0.0614. The van der Waals surface area contributed by atoms with Crippen molar-refractivity contribution in [3.05, 3.63) is 62.7 Å². The molecule has 0 fully saturated rings. The molecule has 18 heavy (non-hydrogen) atoms. The molecule has 92 valence electrons. The van der Waals surface area contributed by atoms with Crippen LogP contribution < -0.4 is 5.32 Å². The predicted molar refractivity (Wildman–Crippen MR) is 83.0 cm³/mol. The van der Waals surface area contributed by atoms with Crippen molar-refractivity contribution in [2.75, 3.05) is 5.32 Å². The Morgan fingerprint density at radius 3 is 2.56 bits per heavy atom. The lowest BCUT2D eigenvalue weighted by atomic mass is 10.1. The molecule has 0 spiro atoms. The van der Waals surface area contributed by atoms with Gasteiger partial charge in [-0.15, -0.1) is 0 Å². The molecular formula is C15H14INO. The highest BCUT2D eigenvalue weighted by Gasteiger charge is 2.10. The second-order valence-corrected chi connectivity index (χ2v) is 5.41. The van der Waals surface area contributed by atoms with Crippen LogP contribution in [0.3, 0.4) is 0 Å². The number of carbonyl (C=O) groups is 1. The summed E-state index contributed by atoms with van der Waals surface area (Å²) in [5.74, 6) is -0.0614. The number of halogens is 1. The van der Waals surface area contributed by atoms with Crippen molar-refractivity contribution in [2.24, 2.45) is 0 Å². The molecule has 0 aliphatic carbocycles. The number of hydrogen-bond donors (Lipinski definition) is 1. The molecule has 0 aromatic heterocycles. The summed E-state index contributed by atoms with van der Waals surface area (Å²) in [4.78, 5) is 12.2. The predicted octanol–water partition coefficient (Wildman–Crippen LogP) is 4.16. The summed E-state index contributed by atoms with van der Waals surface area (Å²) in [6, 6.07) is 13.6. The minimum Gasteiger partial charge on any atom is -0.322 e.